The molecule has 0 spiro atoms. The van der Waals surface area contributed by atoms with Gasteiger partial charge in [0.2, 0.25) is 0 Å². The van der Waals surface area contributed by atoms with Crippen molar-refractivity contribution in [2.45, 2.75) is 78.3 Å². The zero-order chi connectivity index (χ0) is 32.9. The minimum absolute atomic E-state index is 0.0497. The quantitative estimate of drug-likeness (QED) is 0.257. The minimum Gasteiger partial charge on any atom is -0.493 e. The molecule has 3 aliphatic rings. The van der Waals surface area contributed by atoms with Crippen LogP contribution in [0.15, 0.2) is 112 Å². The number of hydrogen-bond acceptors (Lipinski definition) is 6. The van der Waals surface area contributed by atoms with E-state index in [9.17, 15) is 4.79 Å². The molecule has 0 fully saturated rings. The van der Waals surface area contributed by atoms with Crippen LogP contribution in [-0.4, -0.2) is 37.8 Å². The number of hydrogen-bond donors (Lipinski definition) is 1. The van der Waals surface area contributed by atoms with Crippen molar-refractivity contribution in [3.05, 3.63) is 118 Å². The van der Waals surface area contributed by atoms with Gasteiger partial charge in [-0.05, 0) is 90.8 Å². The molecule has 5 rings (SSSR count). The molecule has 1 N–H and O–H groups in total. The van der Waals surface area contributed by atoms with Gasteiger partial charge in [-0.2, -0.15) is 0 Å². The average molecular weight is 621 g/mol. The number of rotatable bonds is 12. The van der Waals surface area contributed by atoms with E-state index in [1.54, 1.807) is 14.2 Å². The van der Waals surface area contributed by atoms with E-state index in [1.807, 2.05) is 48.7 Å². The molecule has 3 unspecified atom stereocenters. The summed E-state index contributed by atoms with van der Waals surface area (Å²) < 4.78 is 17.7. The summed E-state index contributed by atoms with van der Waals surface area (Å²) in [6.45, 7) is 10.9. The average Bonchev–Trinajstić information content (AvgIpc) is 3.48. The fourth-order valence-electron chi connectivity index (χ4n) is 6.32. The Morgan fingerprint density at radius 3 is 2.57 bits per heavy atom. The topological polar surface area (TPSA) is 69.2 Å². The van der Waals surface area contributed by atoms with Gasteiger partial charge in [0.05, 0.1) is 31.7 Å². The highest BCUT2D eigenvalue weighted by atomic mass is 16.5. The van der Waals surface area contributed by atoms with Crippen LogP contribution in [-0.2, 0) is 20.7 Å². The maximum Gasteiger partial charge on any atom is 0.158 e. The molecule has 6 heteroatoms. The number of anilines is 1. The Bertz CT molecular complexity index is 1630. The van der Waals surface area contributed by atoms with Gasteiger partial charge in [0.1, 0.15) is 17.3 Å². The Balaban J connectivity index is 1.26. The first-order valence-corrected chi connectivity index (χ1v) is 16.3. The first kappa shape index (κ1) is 33.1. The van der Waals surface area contributed by atoms with E-state index in [0.717, 1.165) is 29.2 Å². The van der Waals surface area contributed by atoms with E-state index in [0.29, 0.717) is 37.2 Å². The molecule has 1 heterocycles. The van der Waals surface area contributed by atoms with E-state index in [-0.39, 0.29) is 23.2 Å². The van der Waals surface area contributed by atoms with Crippen LogP contribution in [0.25, 0.3) is 0 Å². The van der Waals surface area contributed by atoms with E-state index in [1.165, 1.54) is 16.7 Å². The van der Waals surface area contributed by atoms with Gasteiger partial charge in [-0.3, -0.25) is 9.79 Å². The van der Waals surface area contributed by atoms with Gasteiger partial charge in [0.15, 0.2) is 11.5 Å². The Labute approximate surface area is 274 Å². The second-order valence-electron chi connectivity index (χ2n) is 13.6. The van der Waals surface area contributed by atoms with Gasteiger partial charge < -0.3 is 19.5 Å². The van der Waals surface area contributed by atoms with Crippen molar-refractivity contribution in [3.8, 4) is 5.75 Å². The number of methoxy groups -OCH3 is 2. The summed E-state index contributed by atoms with van der Waals surface area (Å²) in [4.78, 5) is 18.3. The smallest absolute Gasteiger partial charge is 0.158 e. The monoisotopic (exact) mass is 620 g/mol. The number of nitrogens with one attached hydrogen (secondary N) is 1. The molecular formula is C40H48N2O4. The van der Waals surface area contributed by atoms with E-state index in [2.05, 4.69) is 76.4 Å². The number of aliphatic imine (C=N–C) groups is 1. The largest absolute Gasteiger partial charge is 0.493 e. The van der Waals surface area contributed by atoms with Crippen molar-refractivity contribution >= 4 is 17.7 Å². The summed E-state index contributed by atoms with van der Waals surface area (Å²) in [7, 11) is 3.28. The maximum absolute atomic E-state index is 13.5. The molecule has 0 bridgehead atoms. The number of allylic oxidation sites excluding steroid dienone is 4. The third kappa shape index (κ3) is 7.72. The lowest BCUT2D eigenvalue weighted by Crippen LogP contribution is -2.35. The molecule has 0 aromatic heterocycles. The summed E-state index contributed by atoms with van der Waals surface area (Å²) in [6.07, 6.45) is 15.7. The van der Waals surface area contributed by atoms with Crippen LogP contribution in [0.4, 0.5) is 5.69 Å². The number of fused-ring (bicyclic) bond motifs is 1. The highest BCUT2D eigenvalue weighted by Gasteiger charge is 2.40. The molecule has 2 aromatic rings. The number of benzene rings is 2. The first-order chi connectivity index (χ1) is 22.0. The molecule has 6 nitrogen and oxygen atoms in total. The molecule has 2 aliphatic carbocycles. The standard InChI is InChI=1S/C40H48N2O4/c1-27-12-8-9-15-34(27)42-35(29-18-19-30(23-29)39(2,3)4)24-31(43)20-17-28-13-10-14-32(22-28)46-36-16-11-21-41-40(5)26-38(45-7)37(44-6)25-33(36)40/h8-10,12-16,19,21-23,25-26,33,35,42H,11,17-18,20,24H2,1-7H3. The molecule has 0 radical (unpaired) electrons. The van der Waals surface area contributed by atoms with E-state index >= 15 is 0 Å². The summed E-state index contributed by atoms with van der Waals surface area (Å²) in [5.41, 5.74) is 5.43. The minimum atomic E-state index is -0.555. The number of nitrogens with zero attached hydrogens (tertiary/aromatic N) is 1. The summed E-state index contributed by atoms with van der Waals surface area (Å²) in [5.74, 6) is 2.97. The molecular weight excluding hydrogens is 572 g/mol. The van der Waals surface area contributed by atoms with Crippen LogP contribution < -0.4 is 10.1 Å². The van der Waals surface area contributed by atoms with Crippen LogP contribution in [0.2, 0.25) is 0 Å². The fraction of sp³-hybridized carbons (Fsp3) is 0.400. The first-order valence-electron chi connectivity index (χ1n) is 16.3. The number of aryl methyl sites for hydroxylation is 2. The van der Waals surface area contributed by atoms with Gasteiger partial charge in [-0.1, -0.05) is 63.3 Å². The van der Waals surface area contributed by atoms with Crippen molar-refractivity contribution < 1.29 is 19.0 Å². The van der Waals surface area contributed by atoms with Gasteiger partial charge in [0.25, 0.3) is 0 Å². The zero-order valence-corrected chi connectivity index (χ0v) is 28.4. The Kier molecular flexibility index (Phi) is 10.0. The van der Waals surface area contributed by atoms with Gasteiger partial charge >= 0.3 is 0 Å². The summed E-state index contributed by atoms with van der Waals surface area (Å²) >= 11 is 0. The molecule has 0 saturated heterocycles. The van der Waals surface area contributed by atoms with Crippen molar-refractivity contribution in [1.82, 2.24) is 0 Å². The lowest BCUT2D eigenvalue weighted by molar-refractivity contribution is -0.119. The number of ether oxygens (including phenoxy) is 3. The third-order valence-electron chi connectivity index (χ3n) is 9.10. The lowest BCUT2D eigenvalue weighted by Gasteiger charge is -2.34. The van der Waals surface area contributed by atoms with Crippen LogP contribution in [0.1, 0.15) is 64.5 Å². The molecule has 0 amide bonds. The second-order valence-corrected chi connectivity index (χ2v) is 13.6. The highest BCUT2D eigenvalue weighted by molar-refractivity contribution is 5.80. The molecule has 242 valence electrons. The van der Waals surface area contributed by atoms with Crippen LogP contribution in [0.3, 0.4) is 0 Å². The van der Waals surface area contributed by atoms with Crippen molar-refractivity contribution in [2.24, 2.45) is 16.3 Å². The number of ketones is 1. The normalized spacial score (nSPS) is 21.5. The predicted octanol–water partition coefficient (Wildman–Crippen LogP) is 8.86. The third-order valence-corrected chi connectivity index (χ3v) is 9.10. The number of Topliss-reactive ketones (excluding diaryl/α,β-unsaturated/α-hetero) is 1. The second kappa shape index (κ2) is 14.0. The fourth-order valence-corrected chi connectivity index (χ4v) is 6.32. The van der Waals surface area contributed by atoms with Gasteiger partial charge in [0, 0.05) is 31.2 Å². The van der Waals surface area contributed by atoms with Gasteiger partial charge in [-0.15, -0.1) is 0 Å². The molecule has 46 heavy (non-hydrogen) atoms. The Morgan fingerprint density at radius 2 is 1.85 bits per heavy atom. The van der Waals surface area contributed by atoms with Crippen LogP contribution in [0, 0.1) is 18.3 Å². The van der Waals surface area contributed by atoms with Crippen LogP contribution in [0.5, 0.6) is 5.75 Å². The van der Waals surface area contributed by atoms with E-state index in [4.69, 9.17) is 19.2 Å². The molecule has 2 aromatic carbocycles. The SMILES string of the molecule is COC1=CC2C(Oc3cccc(CCC(=O)CC(Nc4ccccc4C)C4=CC(C(C)(C)C)=CC4)c3)=CCC=NC2(C)C=C1OC. The van der Waals surface area contributed by atoms with Crippen LogP contribution >= 0.6 is 0 Å². The summed E-state index contributed by atoms with van der Waals surface area (Å²) in [5, 5.41) is 3.71. The maximum atomic E-state index is 13.5. The lowest BCUT2D eigenvalue weighted by atomic mass is 9.80. The van der Waals surface area contributed by atoms with E-state index < -0.39 is 5.54 Å². The number of carbonyl (C=O) groups excluding carboxylic acids is 1. The molecule has 0 saturated carbocycles. The molecule has 1 aliphatic heterocycles. The van der Waals surface area contributed by atoms with Crippen molar-refractivity contribution in [3.63, 3.8) is 0 Å². The molecule has 3 atom stereocenters. The van der Waals surface area contributed by atoms with Crippen molar-refractivity contribution in [1.29, 1.82) is 0 Å². The predicted molar refractivity (Wildman–Crippen MR) is 187 cm³/mol. The van der Waals surface area contributed by atoms with Gasteiger partial charge in [-0.25, -0.2) is 0 Å². The van der Waals surface area contributed by atoms with Crippen molar-refractivity contribution in [2.75, 3.05) is 19.5 Å². The Hall–Kier alpha value is -4.32. The summed E-state index contributed by atoms with van der Waals surface area (Å²) in [6, 6.07) is 16.3. The number of carbonyl (C=O) groups is 1. The number of para-hydroxylation sites is 1. The Morgan fingerprint density at radius 1 is 1.07 bits per heavy atom. The highest BCUT2D eigenvalue weighted by Crippen LogP contribution is 2.41. The zero-order valence-electron chi connectivity index (χ0n) is 28.4.